The Morgan fingerprint density at radius 3 is 2.62 bits per heavy atom. The lowest BCUT2D eigenvalue weighted by Gasteiger charge is -2.28. The van der Waals surface area contributed by atoms with E-state index in [1.807, 2.05) is 4.90 Å². The number of rotatable bonds is 7. The Labute approximate surface area is 145 Å². The van der Waals surface area contributed by atoms with Gasteiger partial charge in [-0.2, -0.15) is 0 Å². The van der Waals surface area contributed by atoms with Crippen LogP contribution in [-0.4, -0.2) is 87.1 Å². The van der Waals surface area contributed by atoms with E-state index in [-0.39, 0.29) is 18.1 Å². The summed E-state index contributed by atoms with van der Waals surface area (Å²) in [6.45, 7) is 6.13. The maximum absolute atomic E-state index is 12.7. The molecule has 1 amide bonds. The fourth-order valence-corrected chi connectivity index (χ4v) is 4.09. The summed E-state index contributed by atoms with van der Waals surface area (Å²) in [7, 11) is 1.75. The lowest BCUT2D eigenvalue weighted by Crippen LogP contribution is -2.43. The minimum Gasteiger partial charge on any atom is -0.381 e. The third-order valence-electron chi connectivity index (χ3n) is 5.54. The SMILES string of the molecule is CO[C@H]1C[C@@H](CN2CCCC2)N(C(=O)CCOC2CCOCC2)C1. The van der Waals surface area contributed by atoms with Gasteiger partial charge in [-0.25, -0.2) is 0 Å². The van der Waals surface area contributed by atoms with Crippen LogP contribution in [0.4, 0.5) is 0 Å². The minimum atomic E-state index is 0.179. The third-order valence-corrected chi connectivity index (χ3v) is 5.54. The first kappa shape index (κ1) is 18.1. The fourth-order valence-electron chi connectivity index (χ4n) is 4.09. The topological polar surface area (TPSA) is 51.2 Å². The molecule has 24 heavy (non-hydrogen) atoms. The Hall–Kier alpha value is -0.690. The zero-order valence-electron chi connectivity index (χ0n) is 15.0. The summed E-state index contributed by atoms with van der Waals surface area (Å²) in [5.41, 5.74) is 0. The highest BCUT2D eigenvalue weighted by atomic mass is 16.5. The highest BCUT2D eigenvalue weighted by Crippen LogP contribution is 2.23. The second-order valence-electron chi connectivity index (χ2n) is 7.23. The molecule has 0 radical (unpaired) electrons. The predicted molar refractivity (Wildman–Crippen MR) is 91.0 cm³/mol. The van der Waals surface area contributed by atoms with Gasteiger partial charge >= 0.3 is 0 Å². The van der Waals surface area contributed by atoms with E-state index in [4.69, 9.17) is 14.2 Å². The summed E-state index contributed by atoms with van der Waals surface area (Å²) < 4.78 is 16.7. The molecule has 3 fully saturated rings. The summed E-state index contributed by atoms with van der Waals surface area (Å²) in [4.78, 5) is 17.2. The van der Waals surface area contributed by atoms with Crippen LogP contribution in [0.2, 0.25) is 0 Å². The maximum Gasteiger partial charge on any atom is 0.225 e. The number of hydrogen-bond acceptors (Lipinski definition) is 5. The largest absolute Gasteiger partial charge is 0.381 e. The molecule has 0 aromatic heterocycles. The molecule has 0 aromatic carbocycles. The van der Waals surface area contributed by atoms with Crippen LogP contribution in [0.5, 0.6) is 0 Å². The van der Waals surface area contributed by atoms with Crippen LogP contribution in [0.25, 0.3) is 0 Å². The molecule has 3 aliphatic heterocycles. The van der Waals surface area contributed by atoms with E-state index >= 15 is 0 Å². The van der Waals surface area contributed by atoms with E-state index in [1.54, 1.807) is 7.11 Å². The van der Waals surface area contributed by atoms with Crippen molar-refractivity contribution in [1.29, 1.82) is 0 Å². The minimum absolute atomic E-state index is 0.179. The van der Waals surface area contributed by atoms with Crippen LogP contribution in [0, 0.1) is 0 Å². The van der Waals surface area contributed by atoms with Gasteiger partial charge < -0.3 is 24.0 Å². The van der Waals surface area contributed by atoms with Crippen molar-refractivity contribution in [3.63, 3.8) is 0 Å². The highest BCUT2D eigenvalue weighted by molar-refractivity contribution is 5.77. The third kappa shape index (κ3) is 4.91. The van der Waals surface area contributed by atoms with Crippen molar-refractivity contribution in [3.8, 4) is 0 Å². The van der Waals surface area contributed by atoms with Crippen molar-refractivity contribution < 1.29 is 19.0 Å². The van der Waals surface area contributed by atoms with Gasteiger partial charge in [-0.15, -0.1) is 0 Å². The van der Waals surface area contributed by atoms with Crippen LogP contribution in [0.15, 0.2) is 0 Å². The lowest BCUT2D eigenvalue weighted by atomic mass is 10.1. The van der Waals surface area contributed by atoms with Gasteiger partial charge in [0.15, 0.2) is 0 Å². The van der Waals surface area contributed by atoms with Crippen LogP contribution in [-0.2, 0) is 19.0 Å². The van der Waals surface area contributed by atoms with E-state index in [1.165, 1.54) is 25.9 Å². The molecule has 0 bridgehead atoms. The molecule has 0 spiro atoms. The molecule has 3 aliphatic rings. The predicted octanol–water partition coefficient (Wildman–Crippen LogP) is 1.28. The standard InChI is InChI=1S/C18H32N2O4/c1-22-17-12-15(13-19-7-2-3-8-19)20(14-17)18(21)6-11-24-16-4-9-23-10-5-16/h15-17H,2-14H2,1H3/t15-,17-/m0/s1. The van der Waals surface area contributed by atoms with Crippen LogP contribution >= 0.6 is 0 Å². The van der Waals surface area contributed by atoms with Crippen molar-refractivity contribution in [2.24, 2.45) is 0 Å². The summed E-state index contributed by atoms with van der Waals surface area (Å²) in [6, 6.07) is 0.295. The molecule has 138 valence electrons. The summed E-state index contributed by atoms with van der Waals surface area (Å²) in [5.74, 6) is 0.214. The number of carbonyl (C=O) groups excluding carboxylic acids is 1. The number of ether oxygens (including phenoxy) is 3. The van der Waals surface area contributed by atoms with Gasteiger partial charge in [-0.05, 0) is 45.2 Å². The molecular weight excluding hydrogens is 308 g/mol. The molecule has 0 N–H and O–H groups in total. The molecule has 3 saturated heterocycles. The Morgan fingerprint density at radius 2 is 1.92 bits per heavy atom. The second-order valence-corrected chi connectivity index (χ2v) is 7.23. The van der Waals surface area contributed by atoms with Crippen molar-refractivity contribution in [2.75, 3.05) is 53.1 Å². The van der Waals surface area contributed by atoms with Gasteiger partial charge in [0.25, 0.3) is 0 Å². The van der Waals surface area contributed by atoms with E-state index in [9.17, 15) is 4.79 Å². The van der Waals surface area contributed by atoms with Crippen molar-refractivity contribution in [3.05, 3.63) is 0 Å². The van der Waals surface area contributed by atoms with Gasteiger partial charge in [0.2, 0.25) is 5.91 Å². The van der Waals surface area contributed by atoms with Gasteiger partial charge in [-0.3, -0.25) is 4.79 Å². The van der Waals surface area contributed by atoms with Crippen LogP contribution in [0.3, 0.4) is 0 Å². The molecular formula is C18H32N2O4. The number of nitrogens with zero attached hydrogens (tertiary/aromatic N) is 2. The van der Waals surface area contributed by atoms with Crippen molar-refractivity contribution >= 4 is 5.91 Å². The van der Waals surface area contributed by atoms with E-state index in [0.29, 0.717) is 19.1 Å². The molecule has 2 atom stereocenters. The Balaban J connectivity index is 1.45. The first-order chi connectivity index (χ1) is 11.8. The first-order valence-electron chi connectivity index (χ1n) is 9.50. The van der Waals surface area contributed by atoms with E-state index in [2.05, 4.69) is 4.90 Å². The molecule has 0 aromatic rings. The molecule has 6 nitrogen and oxygen atoms in total. The van der Waals surface area contributed by atoms with Crippen molar-refractivity contribution in [1.82, 2.24) is 9.80 Å². The summed E-state index contributed by atoms with van der Waals surface area (Å²) in [6.07, 6.45) is 6.34. The normalized spacial score (nSPS) is 29.5. The quantitative estimate of drug-likeness (QED) is 0.699. The summed E-state index contributed by atoms with van der Waals surface area (Å²) >= 11 is 0. The van der Waals surface area contributed by atoms with Gasteiger partial charge in [0.1, 0.15) is 0 Å². The number of likely N-dealkylation sites (tertiary alicyclic amines) is 2. The number of carbonyl (C=O) groups is 1. The molecule has 0 unspecified atom stereocenters. The number of amides is 1. The zero-order valence-corrected chi connectivity index (χ0v) is 15.0. The fraction of sp³-hybridized carbons (Fsp3) is 0.944. The Morgan fingerprint density at radius 1 is 1.17 bits per heavy atom. The van der Waals surface area contributed by atoms with E-state index < -0.39 is 0 Å². The van der Waals surface area contributed by atoms with Gasteiger partial charge in [-0.1, -0.05) is 0 Å². The first-order valence-corrected chi connectivity index (χ1v) is 9.50. The average molecular weight is 340 g/mol. The number of hydrogen-bond donors (Lipinski definition) is 0. The van der Waals surface area contributed by atoms with Crippen molar-refractivity contribution in [2.45, 2.75) is 56.8 Å². The Bertz CT molecular complexity index is 394. The smallest absolute Gasteiger partial charge is 0.225 e. The van der Waals surface area contributed by atoms with Crippen LogP contribution < -0.4 is 0 Å². The zero-order chi connectivity index (χ0) is 16.8. The summed E-state index contributed by atoms with van der Waals surface area (Å²) in [5, 5.41) is 0. The Kier molecular flexibility index (Phi) is 6.89. The van der Waals surface area contributed by atoms with E-state index in [0.717, 1.165) is 45.6 Å². The monoisotopic (exact) mass is 340 g/mol. The lowest BCUT2D eigenvalue weighted by molar-refractivity contribution is -0.134. The molecule has 0 aliphatic carbocycles. The molecule has 0 saturated carbocycles. The maximum atomic E-state index is 12.7. The number of methoxy groups -OCH3 is 1. The van der Waals surface area contributed by atoms with Gasteiger partial charge in [0.05, 0.1) is 25.2 Å². The molecule has 6 heteroatoms. The highest BCUT2D eigenvalue weighted by Gasteiger charge is 2.36. The second kappa shape index (κ2) is 9.13. The van der Waals surface area contributed by atoms with Crippen LogP contribution in [0.1, 0.15) is 38.5 Å². The molecule has 3 heterocycles. The van der Waals surface area contributed by atoms with Gasteiger partial charge in [0, 0.05) is 39.5 Å². The average Bonchev–Trinajstić information content (AvgIpc) is 3.26. The molecule has 3 rings (SSSR count).